The van der Waals surface area contributed by atoms with Crippen LogP contribution in [0.15, 0.2) is 186 Å². The minimum Gasteiger partial charge on any atom is -0.456 e. The van der Waals surface area contributed by atoms with Gasteiger partial charge >= 0.3 is 0 Å². The van der Waals surface area contributed by atoms with Crippen molar-refractivity contribution in [1.29, 1.82) is 0 Å². The summed E-state index contributed by atoms with van der Waals surface area (Å²) in [4.78, 5) is 0. The third kappa shape index (κ3) is 6.05. The molecule has 1 heteroatoms. The van der Waals surface area contributed by atoms with Crippen LogP contribution in [0.4, 0.5) is 0 Å². The van der Waals surface area contributed by atoms with Gasteiger partial charge in [0.05, 0.1) is 0 Å². The lowest BCUT2D eigenvalue weighted by Crippen LogP contribution is -2.15. The molecule has 0 N–H and O–H groups in total. The Hall–Kier alpha value is -6.44. The average Bonchev–Trinajstić information content (AvgIpc) is 3.73. The van der Waals surface area contributed by atoms with E-state index in [2.05, 4.69) is 191 Å². The van der Waals surface area contributed by atoms with E-state index in [1.54, 1.807) is 0 Å². The average molecular weight is 721 g/mol. The molecular formula is C55H44O. The molecule has 0 spiro atoms. The summed E-state index contributed by atoms with van der Waals surface area (Å²) in [7, 11) is 0. The topological polar surface area (TPSA) is 13.1 Å². The van der Waals surface area contributed by atoms with E-state index in [0.717, 1.165) is 34.8 Å². The van der Waals surface area contributed by atoms with Crippen LogP contribution in [0.2, 0.25) is 0 Å². The Morgan fingerprint density at radius 2 is 0.982 bits per heavy atom. The highest BCUT2D eigenvalue weighted by Crippen LogP contribution is 2.49. The van der Waals surface area contributed by atoms with Crippen LogP contribution in [0.1, 0.15) is 59.6 Å². The maximum Gasteiger partial charge on any atom is 0.136 e. The molecule has 10 rings (SSSR count). The molecule has 0 fully saturated rings. The standard InChI is InChI=1S/C55H44O/c1-36-12-17-38(18-13-36)39-21-23-40(24-22-39)41-25-27-43(28-26-41)46(45-30-32-48-47-8-4-6-10-51(47)55(2,3)52(48)34-45)31-16-37-14-19-42(20-15-37)44-29-33-50-49-9-5-7-11-53(49)56-54(50)35-44/h4-15,17-30,32-35,46H,16,31H2,1-3H3. The molecule has 0 saturated heterocycles. The van der Waals surface area contributed by atoms with Gasteiger partial charge in [0.15, 0.2) is 0 Å². The molecule has 1 aromatic heterocycles. The van der Waals surface area contributed by atoms with Crippen molar-refractivity contribution in [2.45, 2.75) is 44.9 Å². The number of hydrogen-bond donors (Lipinski definition) is 0. The number of fused-ring (bicyclic) bond motifs is 6. The summed E-state index contributed by atoms with van der Waals surface area (Å²) in [6.07, 6.45) is 2.00. The highest BCUT2D eigenvalue weighted by Gasteiger charge is 2.35. The molecule has 1 nitrogen and oxygen atoms in total. The molecular weight excluding hydrogens is 677 g/mol. The van der Waals surface area contributed by atoms with Gasteiger partial charge < -0.3 is 4.42 Å². The van der Waals surface area contributed by atoms with Crippen LogP contribution < -0.4 is 0 Å². The molecule has 0 aliphatic heterocycles. The minimum atomic E-state index is -0.0394. The van der Waals surface area contributed by atoms with Crippen molar-refractivity contribution in [2.75, 3.05) is 0 Å². The molecule has 1 heterocycles. The second-order valence-electron chi connectivity index (χ2n) is 16.1. The predicted molar refractivity (Wildman–Crippen MR) is 235 cm³/mol. The Morgan fingerprint density at radius 1 is 0.446 bits per heavy atom. The van der Waals surface area contributed by atoms with E-state index in [0.29, 0.717) is 0 Å². The van der Waals surface area contributed by atoms with Gasteiger partial charge in [-0.15, -0.1) is 0 Å². The summed E-state index contributed by atoms with van der Waals surface area (Å²) in [6, 6.07) is 67.3. The monoisotopic (exact) mass is 720 g/mol. The quantitative estimate of drug-likeness (QED) is 0.152. The molecule has 56 heavy (non-hydrogen) atoms. The summed E-state index contributed by atoms with van der Waals surface area (Å²) in [5.41, 5.74) is 20.1. The predicted octanol–water partition coefficient (Wildman–Crippen LogP) is 15.0. The zero-order valence-corrected chi connectivity index (χ0v) is 32.2. The Morgan fingerprint density at radius 3 is 1.71 bits per heavy atom. The molecule has 0 saturated carbocycles. The van der Waals surface area contributed by atoms with Crippen LogP contribution in [0.5, 0.6) is 0 Å². The van der Waals surface area contributed by atoms with Gasteiger partial charge in [-0.3, -0.25) is 0 Å². The van der Waals surface area contributed by atoms with Crippen molar-refractivity contribution in [1.82, 2.24) is 0 Å². The van der Waals surface area contributed by atoms with E-state index in [-0.39, 0.29) is 11.3 Å². The lowest BCUT2D eigenvalue weighted by molar-refractivity contribution is 0.654. The van der Waals surface area contributed by atoms with Gasteiger partial charge in [0.1, 0.15) is 11.2 Å². The van der Waals surface area contributed by atoms with Gasteiger partial charge in [-0.25, -0.2) is 0 Å². The van der Waals surface area contributed by atoms with E-state index in [9.17, 15) is 0 Å². The Balaban J connectivity index is 0.940. The van der Waals surface area contributed by atoms with Crippen LogP contribution in [0.3, 0.4) is 0 Å². The number of para-hydroxylation sites is 1. The smallest absolute Gasteiger partial charge is 0.136 e. The fourth-order valence-corrected chi connectivity index (χ4v) is 9.05. The Labute approximate surface area is 329 Å². The summed E-state index contributed by atoms with van der Waals surface area (Å²) < 4.78 is 6.20. The molecule has 0 radical (unpaired) electrons. The number of furan rings is 1. The fourth-order valence-electron chi connectivity index (χ4n) is 9.05. The van der Waals surface area contributed by atoms with Gasteiger partial charge in [0.25, 0.3) is 0 Å². The molecule has 9 aromatic rings. The normalized spacial score (nSPS) is 13.5. The maximum atomic E-state index is 6.20. The molecule has 1 aliphatic carbocycles. The maximum absolute atomic E-state index is 6.20. The second kappa shape index (κ2) is 13.7. The zero-order valence-electron chi connectivity index (χ0n) is 32.2. The highest BCUT2D eigenvalue weighted by atomic mass is 16.3. The van der Waals surface area contributed by atoms with Crippen LogP contribution in [0.25, 0.3) is 66.4 Å². The minimum absolute atomic E-state index is 0.0394. The van der Waals surface area contributed by atoms with Crippen LogP contribution in [0, 0.1) is 6.92 Å². The lowest BCUT2D eigenvalue weighted by atomic mass is 9.79. The van der Waals surface area contributed by atoms with E-state index in [1.165, 1.54) is 77.9 Å². The van der Waals surface area contributed by atoms with Gasteiger partial charge in [0.2, 0.25) is 0 Å². The highest BCUT2D eigenvalue weighted by molar-refractivity contribution is 6.05. The SMILES string of the molecule is Cc1ccc(-c2ccc(-c3ccc(C(CCc4ccc(-c5ccc6c(c5)oc5ccccc56)cc4)c4ccc5c(c4)C(C)(C)c4ccccc4-5)cc3)cc2)cc1. The van der Waals surface area contributed by atoms with Gasteiger partial charge in [-0.2, -0.15) is 0 Å². The van der Waals surface area contributed by atoms with Crippen molar-refractivity contribution >= 4 is 21.9 Å². The number of hydrogen-bond acceptors (Lipinski definition) is 1. The third-order valence-corrected chi connectivity index (χ3v) is 12.3. The number of rotatable bonds is 8. The number of benzene rings is 8. The lowest BCUT2D eigenvalue weighted by Gasteiger charge is -2.24. The first-order chi connectivity index (χ1) is 27.4. The second-order valence-corrected chi connectivity index (χ2v) is 16.1. The molecule has 0 amide bonds. The van der Waals surface area contributed by atoms with Crippen molar-refractivity contribution in [3.8, 4) is 44.5 Å². The first-order valence-corrected chi connectivity index (χ1v) is 19.9. The fraction of sp³-hybridized carbons (Fsp3) is 0.127. The van der Waals surface area contributed by atoms with Gasteiger partial charge in [0, 0.05) is 22.1 Å². The van der Waals surface area contributed by atoms with E-state index >= 15 is 0 Å². The van der Waals surface area contributed by atoms with E-state index < -0.39 is 0 Å². The zero-order chi connectivity index (χ0) is 37.8. The van der Waals surface area contributed by atoms with E-state index in [1.807, 2.05) is 12.1 Å². The van der Waals surface area contributed by atoms with Crippen LogP contribution in [-0.4, -0.2) is 0 Å². The Kier molecular flexibility index (Phi) is 8.33. The summed E-state index contributed by atoms with van der Waals surface area (Å²) in [5.74, 6) is 0.257. The van der Waals surface area contributed by atoms with Crippen LogP contribution in [-0.2, 0) is 11.8 Å². The van der Waals surface area contributed by atoms with Crippen molar-refractivity contribution in [3.05, 3.63) is 215 Å². The van der Waals surface area contributed by atoms with Crippen molar-refractivity contribution in [2.24, 2.45) is 0 Å². The van der Waals surface area contributed by atoms with Gasteiger partial charge in [-0.1, -0.05) is 183 Å². The van der Waals surface area contributed by atoms with Gasteiger partial charge in [-0.05, 0) is 110 Å². The van der Waals surface area contributed by atoms with Crippen LogP contribution >= 0.6 is 0 Å². The molecule has 8 aromatic carbocycles. The first kappa shape index (κ1) is 34.1. The Bertz CT molecular complexity index is 2850. The summed E-state index contributed by atoms with van der Waals surface area (Å²) in [6.45, 7) is 6.89. The van der Waals surface area contributed by atoms with Crippen molar-refractivity contribution in [3.63, 3.8) is 0 Å². The molecule has 1 unspecified atom stereocenters. The van der Waals surface area contributed by atoms with E-state index in [4.69, 9.17) is 4.42 Å². The van der Waals surface area contributed by atoms with Crippen molar-refractivity contribution < 1.29 is 4.42 Å². The molecule has 0 bridgehead atoms. The summed E-state index contributed by atoms with van der Waals surface area (Å²) in [5, 5.41) is 2.33. The largest absolute Gasteiger partial charge is 0.456 e. The number of aryl methyl sites for hydroxylation is 2. The molecule has 1 atom stereocenters. The third-order valence-electron chi connectivity index (χ3n) is 12.3. The molecule has 1 aliphatic rings. The molecule has 270 valence electrons. The first-order valence-electron chi connectivity index (χ1n) is 19.9. The summed E-state index contributed by atoms with van der Waals surface area (Å²) >= 11 is 0.